The first-order valence-electron chi connectivity index (χ1n) is 11.9. The Hall–Kier alpha value is -3.80. The Morgan fingerprint density at radius 3 is 2.14 bits per heavy atom. The van der Waals surface area contributed by atoms with Crippen LogP contribution in [0, 0.1) is 0 Å². The third-order valence-corrected chi connectivity index (χ3v) is 5.82. The van der Waals surface area contributed by atoms with Crippen molar-refractivity contribution in [2.45, 2.75) is 38.8 Å². The van der Waals surface area contributed by atoms with Crippen molar-refractivity contribution in [3.63, 3.8) is 0 Å². The molecule has 0 aliphatic heterocycles. The molecule has 0 heterocycles. The molecule has 2 amide bonds. The maximum Gasteiger partial charge on any atom is 0.247 e. The Kier molecular flexibility index (Phi) is 9.72. The molecule has 0 saturated carbocycles. The first-order chi connectivity index (χ1) is 17.1. The highest BCUT2D eigenvalue weighted by atomic mass is 16.5. The molecular weight excluding hydrogens is 440 g/mol. The Labute approximate surface area is 207 Å². The van der Waals surface area contributed by atoms with Gasteiger partial charge in [0.05, 0.1) is 20.6 Å². The maximum atomic E-state index is 13.8. The summed E-state index contributed by atoms with van der Waals surface area (Å²) in [6.07, 6.45) is 1.98. The van der Waals surface area contributed by atoms with Gasteiger partial charge in [-0.2, -0.15) is 0 Å². The Morgan fingerprint density at radius 2 is 1.51 bits per heavy atom. The molecule has 0 aliphatic rings. The second-order valence-corrected chi connectivity index (χ2v) is 8.33. The largest absolute Gasteiger partial charge is 0.493 e. The predicted molar refractivity (Wildman–Crippen MR) is 137 cm³/mol. The summed E-state index contributed by atoms with van der Waals surface area (Å²) in [5.74, 6) is 0.827. The number of nitrogens with one attached hydrogen (secondary N) is 1. The summed E-state index contributed by atoms with van der Waals surface area (Å²) in [7, 11) is 3.14. The number of carbonyl (C=O) groups excluding carboxylic acids is 2. The normalized spacial score (nSPS) is 11.4. The Morgan fingerprint density at radius 1 is 0.857 bits per heavy atom. The number of ether oxygens (including phenoxy) is 2. The first kappa shape index (κ1) is 25.8. The van der Waals surface area contributed by atoms with Gasteiger partial charge in [0.15, 0.2) is 11.5 Å². The lowest BCUT2D eigenvalue weighted by atomic mass is 10.0. The SMILES string of the molecule is CCCCNC(=O)[C@H](c1ccccc1)N(Cc1ccccc1)C(=O)Cc1ccc(OC)c(OC)c1. The average molecular weight is 475 g/mol. The van der Waals surface area contributed by atoms with Gasteiger partial charge in [-0.3, -0.25) is 9.59 Å². The smallest absolute Gasteiger partial charge is 0.247 e. The second-order valence-electron chi connectivity index (χ2n) is 8.33. The van der Waals surface area contributed by atoms with Gasteiger partial charge >= 0.3 is 0 Å². The van der Waals surface area contributed by atoms with Crippen LogP contribution in [0.4, 0.5) is 0 Å². The van der Waals surface area contributed by atoms with Crippen LogP contribution in [0.1, 0.15) is 42.5 Å². The molecule has 0 unspecified atom stereocenters. The summed E-state index contributed by atoms with van der Waals surface area (Å²) in [6.45, 7) is 2.96. The molecule has 0 saturated heterocycles. The zero-order valence-electron chi connectivity index (χ0n) is 20.7. The molecule has 1 atom stereocenters. The van der Waals surface area contributed by atoms with Crippen molar-refractivity contribution < 1.29 is 19.1 Å². The molecule has 3 rings (SSSR count). The zero-order valence-corrected chi connectivity index (χ0v) is 20.7. The third kappa shape index (κ3) is 7.09. The van der Waals surface area contributed by atoms with Crippen LogP contribution in [0.3, 0.4) is 0 Å². The highest BCUT2D eigenvalue weighted by Crippen LogP contribution is 2.29. The van der Waals surface area contributed by atoms with E-state index in [4.69, 9.17) is 9.47 Å². The minimum Gasteiger partial charge on any atom is -0.493 e. The monoisotopic (exact) mass is 474 g/mol. The molecule has 184 valence electrons. The lowest BCUT2D eigenvalue weighted by Crippen LogP contribution is -2.44. The Balaban J connectivity index is 1.97. The Bertz CT molecular complexity index is 1090. The fourth-order valence-electron chi connectivity index (χ4n) is 3.96. The predicted octanol–water partition coefficient (Wildman–Crippen LogP) is 4.93. The third-order valence-electron chi connectivity index (χ3n) is 5.82. The molecule has 0 radical (unpaired) electrons. The van der Waals surface area contributed by atoms with Crippen molar-refractivity contribution in [3.8, 4) is 11.5 Å². The summed E-state index contributed by atoms with van der Waals surface area (Å²) in [5, 5.41) is 3.03. The van der Waals surface area contributed by atoms with Crippen molar-refractivity contribution >= 4 is 11.8 Å². The fraction of sp³-hybridized carbons (Fsp3) is 0.310. The van der Waals surface area contributed by atoms with E-state index < -0.39 is 6.04 Å². The van der Waals surface area contributed by atoms with Crippen molar-refractivity contribution in [3.05, 3.63) is 95.6 Å². The van der Waals surface area contributed by atoms with Gasteiger partial charge in [-0.25, -0.2) is 0 Å². The molecular formula is C29H34N2O4. The number of carbonyl (C=O) groups is 2. The number of hydrogen-bond acceptors (Lipinski definition) is 4. The molecule has 3 aromatic rings. The van der Waals surface area contributed by atoms with Crippen LogP contribution in [0.15, 0.2) is 78.9 Å². The molecule has 0 bridgehead atoms. The van der Waals surface area contributed by atoms with Gasteiger partial charge in [-0.05, 0) is 35.2 Å². The molecule has 0 aliphatic carbocycles. The highest BCUT2D eigenvalue weighted by Gasteiger charge is 2.31. The van der Waals surface area contributed by atoms with Gasteiger partial charge in [-0.1, -0.05) is 80.1 Å². The molecule has 1 N–H and O–H groups in total. The zero-order chi connectivity index (χ0) is 25.0. The van der Waals surface area contributed by atoms with E-state index in [-0.39, 0.29) is 18.2 Å². The van der Waals surface area contributed by atoms with Gasteiger partial charge in [0, 0.05) is 13.1 Å². The molecule has 35 heavy (non-hydrogen) atoms. The minimum atomic E-state index is -0.749. The minimum absolute atomic E-state index is 0.124. The van der Waals surface area contributed by atoms with Crippen LogP contribution in [0.2, 0.25) is 0 Å². The lowest BCUT2D eigenvalue weighted by Gasteiger charge is -2.32. The van der Waals surface area contributed by atoms with Crippen LogP contribution in [-0.2, 0) is 22.6 Å². The number of methoxy groups -OCH3 is 2. The van der Waals surface area contributed by atoms with Crippen molar-refractivity contribution in [1.82, 2.24) is 10.2 Å². The molecule has 0 aromatic heterocycles. The van der Waals surface area contributed by atoms with E-state index in [9.17, 15) is 9.59 Å². The number of rotatable bonds is 12. The summed E-state index contributed by atoms with van der Waals surface area (Å²) in [6, 6.07) is 23.9. The summed E-state index contributed by atoms with van der Waals surface area (Å²) >= 11 is 0. The highest BCUT2D eigenvalue weighted by molar-refractivity contribution is 5.89. The van der Waals surface area contributed by atoms with Crippen LogP contribution in [0.25, 0.3) is 0 Å². The van der Waals surface area contributed by atoms with Gasteiger partial charge in [0.2, 0.25) is 11.8 Å². The van der Waals surface area contributed by atoms with E-state index in [0.29, 0.717) is 24.6 Å². The van der Waals surface area contributed by atoms with Crippen LogP contribution >= 0.6 is 0 Å². The number of benzene rings is 3. The van der Waals surface area contributed by atoms with Crippen LogP contribution in [0.5, 0.6) is 11.5 Å². The van der Waals surface area contributed by atoms with Crippen molar-refractivity contribution in [2.75, 3.05) is 20.8 Å². The maximum absolute atomic E-state index is 13.8. The van der Waals surface area contributed by atoms with E-state index in [0.717, 1.165) is 29.5 Å². The standard InChI is InChI=1S/C29H34N2O4/c1-4-5-18-30-29(33)28(24-14-10-7-11-15-24)31(21-22-12-8-6-9-13-22)27(32)20-23-16-17-25(34-2)26(19-23)35-3/h6-17,19,28H,4-5,18,20-21H2,1-3H3,(H,30,33)/t28-/m0/s1. The van der Waals surface area contributed by atoms with E-state index >= 15 is 0 Å². The fourth-order valence-corrected chi connectivity index (χ4v) is 3.96. The number of nitrogens with zero attached hydrogens (tertiary/aromatic N) is 1. The van der Waals surface area contributed by atoms with E-state index in [1.54, 1.807) is 31.3 Å². The van der Waals surface area contributed by atoms with Crippen LogP contribution in [-0.4, -0.2) is 37.5 Å². The lowest BCUT2D eigenvalue weighted by molar-refractivity contribution is -0.141. The van der Waals surface area contributed by atoms with Gasteiger partial charge in [-0.15, -0.1) is 0 Å². The summed E-state index contributed by atoms with van der Waals surface area (Å²) in [4.78, 5) is 28.9. The van der Waals surface area contributed by atoms with E-state index in [1.807, 2.05) is 66.7 Å². The number of hydrogen-bond donors (Lipinski definition) is 1. The summed E-state index contributed by atoms with van der Waals surface area (Å²) in [5.41, 5.74) is 2.51. The molecule has 0 spiro atoms. The average Bonchev–Trinajstić information content (AvgIpc) is 2.89. The molecule has 6 nitrogen and oxygen atoms in total. The van der Waals surface area contributed by atoms with E-state index in [2.05, 4.69) is 12.2 Å². The molecule has 3 aromatic carbocycles. The van der Waals surface area contributed by atoms with Crippen LogP contribution < -0.4 is 14.8 Å². The van der Waals surface area contributed by atoms with Crippen molar-refractivity contribution in [2.24, 2.45) is 0 Å². The molecule has 6 heteroatoms. The van der Waals surface area contributed by atoms with E-state index in [1.165, 1.54) is 0 Å². The van der Waals surface area contributed by atoms with Gasteiger partial charge < -0.3 is 19.7 Å². The second kappa shape index (κ2) is 13.2. The molecule has 0 fully saturated rings. The number of amides is 2. The summed E-state index contributed by atoms with van der Waals surface area (Å²) < 4.78 is 10.7. The topological polar surface area (TPSA) is 67.9 Å². The van der Waals surface area contributed by atoms with Gasteiger partial charge in [0.1, 0.15) is 6.04 Å². The quantitative estimate of drug-likeness (QED) is 0.378. The van der Waals surface area contributed by atoms with Crippen molar-refractivity contribution in [1.29, 1.82) is 0 Å². The first-order valence-corrected chi connectivity index (χ1v) is 11.9. The number of unbranched alkanes of at least 4 members (excludes halogenated alkanes) is 1. The van der Waals surface area contributed by atoms with Gasteiger partial charge in [0.25, 0.3) is 0 Å².